The van der Waals surface area contributed by atoms with Crippen LogP contribution in [0.2, 0.25) is 0 Å². The van der Waals surface area contributed by atoms with E-state index < -0.39 is 0 Å². The molecule has 7 heteroatoms. The molecule has 1 aliphatic rings. The smallest absolute Gasteiger partial charge is 0.255 e. The maximum absolute atomic E-state index is 12.8. The molecule has 2 aromatic carbocycles. The van der Waals surface area contributed by atoms with E-state index in [2.05, 4.69) is 33.9 Å². The molecule has 4 rings (SSSR count). The van der Waals surface area contributed by atoms with Crippen LogP contribution in [0.15, 0.2) is 67.3 Å². The molecule has 7 nitrogen and oxygen atoms in total. The number of benzene rings is 2. The highest BCUT2D eigenvalue weighted by molar-refractivity contribution is 6.05. The van der Waals surface area contributed by atoms with Crippen molar-refractivity contribution in [2.45, 2.75) is 26.4 Å². The second kappa shape index (κ2) is 10.3. The molecule has 32 heavy (non-hydrogen) atoms. The average molecular weight is 434 g/mol. The molecule has 1 fully saturated rings. The summed E-state index contributed by atoms with van der Waals surface area (Å²) in [5.41, 5.74) is 2.45. The summed E-state index contributed by atoms with van der Waals surface area (Å²) in [5.74, 6) is 0.507. The van der Waals surface area contributed by atoms with Gasteiger partial charge in [-0.3, -0.25) is 9.69 Å². The molecule has 1 aromatic heterocycles. The van der Waals surface area contributed by atoms with Crippen molar-refractivity contribution in [3.63, 3.8) is 0 Å². The number of aromatic nitrogens is 2. The number of hydrogen-bond donors (Lipinski definition) is 1. The Morgan fingerprint density at radius 2 is 1.81 bits per heavy atom. The molecular formula is C25H31N5O2. The van der Waals surface area contributed by atoms with Gasteiger partial charge < -0.3 is 19.5 Å². The second-order valence-corrected chi connectivity index (χ2v) is 8.26. The lowest BCUT2D eigenvalue weighted by molar-refractivity contribution is 0.102. The van der Waals surface area contributed by atoms with Crippen LogP contribution >= 0.6 is 0 Å². The fourth-order valence-electron chi connectivity index (χ4n) is 3.89. The highest BCUT2D eigenvalue weighted by Gasteiger charge is 2.19. The van der Waals surface area contributed by atoms with Crippen molar-refractivity contribution < 1.29 is 9.53 Å². The van der Waals surface area contributed by atoms with E-state index in [0.29, 0.717) is 36.2 Å². The molecule has 0 aliphatic carbocycles. The van der Waals surface area contributed by atoms with Crippen LogP contribution in [0.5, 0.6) is 5.75 Å². The second-order valence-electron chi connectivity index (χ2n) is 8.26. The summed E-state index contributed by atoms with van der Waals surface area (Å²) in [6.07, 6.45) is 5.39. The monoisotopic (exact) mass is 433 g/mol. The zero-order chi connectivity index (χ0) is 22.3. The summed E-state index contributed by atoms with van der Waals surface area (Å²) in [4.78, 5) is 21.7. The predicted octanol–water partition coefficient (Wildman–Crippen LogP) is 3.74. The Labute approximate surface area is 189 Å². The maximum atomic E-state index is 12.8. The Kier molecular flexibility index (Phi) is 7.07. The Hall–Kier alpha value is -3.32. The van der Waals surface area contributed by atoms with Gasteiger partial charge in [0.1, 0.15) is 12.4 Å². The number of imidazole rings is 1. The van der Waals surface area contributed by atoms with Crippen molar-refractivity contribution in [3.8, 4) is 5.75 Å². The first-order valence-electron chi connectivity index (χ1n) is 11.2. The van der Waals surface area contributed by atoms with Crippen molar-refractivity contribution in [3.05, 3.63) is 72.8 Å². The first-order chi connectivity index (χ1) is 15.6. The molecule has 0 unspecified atom stereocenters. The zero-order valence-corrected chi connectivity index (χ0v) is 18.8. The summed E-state index contributed by atoms with van der Waals surface area (Å²) < 4.78 is 7.85. The van der Waals surface area contributed by atoms with Gasteiger partial charge >= 0.3 is 0 Å². The molecule has 0 spiro atoms. The van der Waals surface area contributed by atoms with Gasteiger partial charge in [-0.05, 0) is 50.2 Å². The summed E-state index contributed by atoms with van der Waals surface area (Å²) in [5, 5.41) is 2.98. The highest BCUT2D eigenvalue weighted by Crippen LogP contribution is 2.25. The van der Waals surface area contributed by atoms with E-state index in [4.69, 9.17) is 4.74 Å². The Morgan fingerprint density at radius 3 is 2.50 bits per heavy atom. The predicted molar refractivity (Wildman–Crippen MR) is 127 cm³/mol. The van der Waals surface area contributed by atoms with Gasteiger partial charge in [0, 0.05) is 55.9 Å². The lowest BCUT2D eigenvalue weighted by Gasteiger charge is -2.38. The Balaban J connectivity index is 1.34. The molecule has 2 heterocycles. The fraction of sp³-hybridized carbons (Fsp3) is 0.360. The lowest BCUT2D eigenvalue weighted by atomic mass is 10.1. The molecule has 1 aliphatic heterocycles. The van der Waals surface area contributed by atoms with Crippen molar-refractivity contribution in [1.82, 2.24) is 14.5 Å². The highest BCUT2D eigenvalue weighted by atomic mass is 16.5. The molecule has 0 atom stereocenters. The minimum absolute atomic E-state index is 0.146. The third kappa shape index (κ3) is 5.48. The number of nitrogens with one attached hydrogen (secondary N) is 1. The SMILES string of the molecule is CC(C)N1CCN(c2ccc(C(=O)Nc3ccccc3OCCn3ccnc3)cc2)CC1. The van der Waals surface area contributed by atoms with Crippen LogP contribution in [0, 0.1) is 0 Å². The topological polar surface area (TPSA) is 62.6 Å². The van der Waals surface area contributed by atoms with Crippen LogP contribution in [0.1, 0.15) is 24.2 Å². The van der Waals surface area contributed by atoms with E-state index in [1.807, 2.05) is 59.3 Å². The van der Waals surface area contributed by atoms with Gasteiger partial charge in [-0.1, -0.05) is 12.1 Å². The number of amides is 1. The number of rotatable bonds is 8. The van der Waals surface area contributed by atoms with Crippen molar-refractivity contribution in [2.24, 2.45) is 0 Å². The molecule has 0 bridgehead atoms. The van der Waals surface area contributed by atoms with E-state index in [-0.39, 0.29) is 5.91 Å². The summed E-state index contributed by atoms with van der Waals surface area (Å²) in [6, 6.07) is 15.9. The number of anilines is 2. The normalized spacial score (nSPS) is 14.5. The van der Waals surface area contributed by atoms with Crippen molar-refractivity contribution in [1.29, 1.82) is 0 Å². The standard InChI is InChI=1S/C25H31N5O2/c1-20(2)29-13-15-30(16-14-29)22-9-7-21(8-10-22)25(31)27-23-5-3-4-6-24(23)32-18-17-28-12-11-26-19-28/h3-12,19-20H,13-18H2,1-2H3,(H,27,31). The van der Waals surface area contributed by atoms with Crippen LogP contribution in [0.25, 0.3) is 0 Å². The number of piperazine rings is 1. The van der Waals surface area contributed by atoms with E-state index in [1.54, 1.807) is 12.5 Å². The Bertz CT molecular complexity index is 993. The van der Waals surface area contributed by atoms with E-state index in [9.17, 15) is 4.79 Å². The zero-order valence-electron chi connectivity index (χ0n) is 18.8. The first-order valence-corrected chi connectivity index (χ1v) is 11.2. The Morgan fingerprint density at radius 1 is 1.06 bits per heavy atom. The van der Waals surface area contributed by atoms with E-state index in [1.165, 1.54) is 0 Å². The van der Waals surface area contributed by atoms with Crippen molar-refractivity contribution >= 4 is 17.3 Å². The third-order valence-corrected chi connectivity index (χ3v) is 5.84. The summed E-state index contributed by atoms with van der Waals surface area (Å²) >= 11 is 0. The van der Waals surface area contributed by atoms with Gasteiger partial charge in [0.25, 0.3) is 5.91 Å². The van der Waals surface area contributed by atoms with Crippen LogP contribution in [-0.2, 0) is 6.54 Å². The molecule has 3 aromatic rings. The van der Waals surface area contributed by atoms with Gasteiger partial charge in [-0.2, -0.15) is 0 Å². The minimum atomic E-state index is -0.146. The fourth-order valence-corrected chi connectivity index (χ4v) is 3.89. The molecular weight excluding hydrogens is 402 g/mol. The molecule has 0 radical (unpaired) electrons. The minimum Gasteiger partial charge on any atom is -0.490 e. The maximum Gasteiger partial charge on any atom is 0.255 e. The quantitative estimate of drug-likeness (QED) is 0.586. The van der Waals surface area contributed by atoms with Gasteiger partial charge in [-0.15, -0.1) is 0 Å². The van der Waals surface area contributed by atoms with Crippen molar-refractivity contribution in [2.75, 3.05) is 43.0 Å². The molecule has 1 amide bonds. The number of ether oxygens (including phenoxy) is 1. The number of hydrogen-bond acceptors (Lipinski definition) is 5. The van der Waals surface area contributed by atoms with Gasteiger partial charge in [0.15, 0.2) is 0 Å². The summed E-state index contributed by atoms with van der Waals surface area (Å²) in [6.45, 7) is 9.81. The molecule has 1 N–H and O–H groups in total. The van der Waals surface area contributed by atoms with Crippen LogP contribution in [0.4, 0.5) is 11.4 Å². The van der Waals surface area contributed by atoms with Gasteiger partial charge in [0.05, 0.1) is 18.6 Å². The van der Waals surface area contributed by atoms with E-state index in [0.717, 1.165) is 31.9 Å². The molecule has 1 saturated heterocycles. The average Bonchev–Trinajstić information content (AvgIpc) is 3.34. The van der Waals surface area contributed by atoms with Crippen LogP contribution in [-0.4, -0.2) is 59.2 Å². The number of nitrogens with zero attached hydrogens (tertiary/aromatic N) is 4. The number of carbonyl (C=O) groups is 1. The van der Waals surface area contributed by atoms with Gasteiger partial charge in [0.2, 0.25) is 0 Å². The largest absolute Gasteiger partial charge is 0.490 e. The third-order valence-electron chi connectivity index (χ3n) is 5.84. The van der Waals surface area contributed by atoms with Crippen LogP contribution < -0.4 is 15.0 Å². The van der Waals surface area contributed by atoms with Crippen LogP contribution in [0.3, 0.4) is 0 Å². The van der Waals surface area contributed by atoms with Gasteiger partial charge in [-0.25, -0.2) is 4.98 Å². The molecule has 168 valence electrons. The molecule has 0 saturated carbocycles. The number of carbonyl (C=O) groups excluding carboxylic acids is 1. The number of para-hydroxylation sites is 2. The lowest BCUT2D eigenvalue weighted by Crippen LogP contribution is -2.48. The first kappa shape index (κ1) is 21.9. The van der Waals surface area contributed by atoms with E-state index >= 15 is 0 Å². The summed E-state index contributed by atoms with van der Waals surface area (Å²) in [7, 11) is 0.